The number of aromatic hydroxyl groups is 1. The fraction of sp³-hybridized carbons (Fsp3) is 0.350. The quantitative estimate of drug-likeness (QED) is 0.675. The molecule has 0 bridgehead atoms. The van der Waals surface area contributed by atoms with Crippen molar-refractivity contribution < 1.29 is 15.0 Å². The average molecular weight is 340 g/mol. The van der Waals surface area contributed by atoms with Gasteiger partial charge in [0.25, 0.3) is 0 Å². The number of nitrogens with one attached hydrogen (secondary N) is 2. The Bertz CT molecular complexity index is 730. The van der Waals surface area contributed by atoms with Gasteiger partial charge in [0.2, 0.25) is 0 Å². The molecule has 4 N–H and O–H groups in total. The van der Waals surface area contributed by atoms with Gasteiger partial charge in [-0.25, -0.2) is 4.79 Å². The molecular weight excluding hydrogens is 316 g/mol. The van der Waals surface area contributed by atoms with Crippen molar-refractivity contribution in [2.75, 3.05) is 0 Å². The Morgan fingerprint density at radius 3 is 2.68 bits per heavy atom. The van der Waals surface area contributed by atoms with Gasteiger partial charge < -0.3 is 20.8 Å². The summed E-state index contributed by atoms with van der Waals surface area (Å²) >= 11 is 0. The lowest BCUT2D eigenvalue weighted by Crippen LogP contribution is -2.44. The SMILES string of the molecule is CC(CCc1ccc(O)cc1)NC(=O)NC1c2ccccc2CC1O. The average Bonchev–Trinajstić information content (AvgIpc) is 2.90. The summed E-state index contributed by atoms with van der Waals surface area (Å²) in [5, 5.41) is 25.3. The molecule has 0 aliphatic heterocycles. The minimum Gasteiger partial charge on any atom is -0.508 e. The molecule has 1 aliphatic rings. The largest absolute Gasteiger partial charge is 0.508 e. The third-order valence-electron chi connectivity index (χ3n) is 4.67. The highest BCUT2D eigenvalue weighted by atomic mass is 16.3. The van der Waals surface area contributed by atoms with Crippen LogP contribution in [0.15, 0.2) is 48.5 Å². The minimum atomic E-state index is -0.588. The second kappa shape index (κ2) is 7.57. The third kappa shape index (κ3) is 4.31. The van der Waals surface area contributed by atoms with Crippen LogP contribution in [-0.4, -0.2) is 28.4 Å². The number of aryl methyl sites for hydroxylation is 1. The summed E-state index contributed by atoms with van der Waals surface area (Å²) in [7, 11) is 0. The zero-order valence-corrected chi connectivity index (χ0v) is 14.3. The van der Waals surface area contributed by atoms with Crippen LogP contribution >= 0.6 is 0 Å². The predicted octanol–water partition coefficient (Wildman–Crippen LogP) is 2.67. The number of amides is 2. The number of phenolic OH excluding ortho intramolecular Hbond substituents is 1. The summed E-state index contributed by atoms with van der Waals surface area (Å²) in [6.45, 7) is 1.96. The number of aliphatic hydroxyl groups excluding tert-OH is 1. The first-order valence-electron chi connectivity index (χ1n) is 8.63. The summed E-state index contributed by atoms with van der Waals surface area (Å²) in [5.74, 6) is 0.254. The van der Waals surface area contributed by atoms with Gasteiger partial charge in [-0.05, 0) is 48.6 Å². The highest BCUT2D eigenvalue weighted by molar-refractivity contribution is 5.75. The van der Waals surface area contributed by atoms with E-state index in [2.05, 4.69) is 10.6 Å². The molecule has 0 aromatic heterocycles. The van der Waals surface area contributed by atoms with Crippen molar-refractivity contribution in [1.29, 1.82) is 0 Å². The van der Waals surface area contributed by atoms with E-state index in [1.807, 2.05) is 43.3 Å². The normalized spacial score (nSPS) is 19.9. The van der Waals surface area contributed by atoms with Crippen LogP contribution < -0.4 is 10.6 Å². The molecule has 1 aliphatic carbocycles. The van der Waals surface area contributed by atoms with Crippen molar-refractivity contribution in [2.45, 2.75) is 44.4 Å². The van der Waals surface area contributed by atoms with E-state index in [0.29, 0.717) is 6.42 Å². The molecule has 0 saturated heterocycles. The summed E-state index contributed by atoms with van der Waals surface area (Å²) in [4.78, 5) is 12.3. The first-order valence-corrected chi connectivity index (χ1v) is 8.63. The molecule has 0 saturated carbocycles. The number of benzene rings is 2. The van der Waals surface area contributed by atoms with Gasteiger partial charge in [0, 0.05) is 12.5 Å². The van der Waals surface area contributed by atoms with Gasteiger partial charge in [0.05, 0.1) is 12.1 Å². The van der Waals surface area contributed by atoms with Crippen molar-refractivity contribution in [2.24, 2.45) is 0 Å². The van der Waals surface area contributed by atoms with E-state index in [4.69, 9.17) is 0 Å². The van der Waals surface area contributed by atoms with Crippen LogP contribution in [0.4, 0.5) is 4.79 Å². The van der Waals surface area contributed by atoms with Gasteiger partial charge >= 0.3 is 6.03 Å². The zero-order chi connectivity index (χ0) is 17.8. The Kier molecular flexibility index (Phi) is 5.24. The highest BCUT2D eigenvalue weighted by Crippen LogP contribution is 2.31. The zero-order valence-electron chi connectivity index (χ0n) is 14.3. The molecule has 0 radical (unpaired) electrons. The van der Waals surface area contributed by atoms with E-state index in [9.17, 15) is 15.0 Å². The maximum Gasteiger partial charge on any atom is 0.315 e. The lowest BCUT2D eigenvalue weighted by molar-refractivity contribution is 0.142. The fourth-order valence-corrected chi connectivity index (χ4v) is 3.27. The van der Waals surface area contributed by atoms with Crippen LogP contribution in [0.5, 0.6) is 5.75 Å². The first-order chi connectivity index (χ1) is 12.0. The molecule has 0 fully saturated rings. The molecule has 25 heavy (non-hydrogen) atoms. The molecule has 3 unspecified atom stereocenters. The molecule has 3 atom stereocenters. The first kappa shape index (κ1) is 17.3. The number of carbonyl (C=O) groups excluding carboxylic acids is 1. The number of hydrogen-bond donors (Lipinski definition) is 4. The monoisotopic (exact) mass is 340 g/mol. The summed E-state index contributed by atoms with van der Waals surface area (Å²) < 4.78 is 0. The summed E-state index contributed by atoms with van der Waals surface area (Å²) in [6.07, 6.45) is 1.59. The maximum atomic E-state index is 12.3. The summed E-state index contributed by atoms with van der Waals surface area (Å²) in [5.41, 5.74) is 3.19. The Morgan fingerprint density at radius 1 is 1.20 bits per heavy atom. The van der Waals surface area contributed by atoms with Crippen molar-refractivity contribution in [1.82, 2.24) is 10.6 Å². The van der Waals surface area contributed by atoms with Crippen molar-refractivity contribution in [3.05, 3.63) is 65.2 Å². The Hall–Kier alpha value is -2.53. The van der Waals surface area contributed by atoms with Crippen LogP contribution in [0.3, 0.4) is 0 Å². The second-order valence-corrected chi connectivity index (χ2v) is 6.67. The van der Waals surface area contributed by atoms with Gasteiger partial charge in [0.1, 0.15) is 5.75 Å². The Labute approximate surface area is 147 Å². The maximum absolute atomic E-state index is 12.3. The van der Waals surface area contributed by atoms with E-state index in [0.717, 1.165) is 29.5 Å². The highest BCUT2D eigenvalue weighted by Gasteiger charge is 2.31. The molecule has 2 aromatic carbocycles. The van der Waals surface area contributed by atoms with Crippen LogP contribution in [0.1, 0.15) is 36.1 Å². The number of carbonyl (C=O) groups is 1. The number of fused-ring (bicyclic) bond motifs is 1. The molecule has 0 heterocycles. The van der Waals surface area contributed by atoms with E-state index in [1.54, 1.807) is 12.1 Å². The molecular formula is C20H24N2O3. The minimum absolute atomic E-state index is 0.00240. The number of rotatable bonds is 5. The van der Waals surface area contributed by atoms with Gasteiger partial charge in [-0.15, -0.1) is 0 Å². The van der Waals surface area contributed by atoms with Gasteiger partial charge in [-0.2, -0.15) is 0 Å². The van der Waals surface area contributed by atoms with Crippen LogP contribution in [-0.2, 0) is 12.8 Å². The molecule has 5 heteroatoms. The van der Waals surface area contributed by atoms with Gasteiger partial charge in [-0.1, -0.05) is 36.4 Å². The number of hydrogen-bond acceptors (Lipinski definition) is 3. The van der Waals surface area contributed by atoms with Crippen molar-refractivity contribution >= 4 is 6.03 Å². The predicted molar refractivity (Wildman–Crippen MR) is 96.5 cm³/mol. The second-order valence-electron chi connectivity index (χ2n) is 6.67. The fourth-order valence-electron chi connectivity index (χ4n) is 3.27. The van der Waals surface area contributed by atoms with E-state index in [-0.39, 0.29) is 23.9 Å². The standard InChI is InChI=1S/C20H24N2O3/c1-13(6-7-14-8-10-16(23)11-9-14)21-20(25)22-19-17-5-3-2-4-15(17)12-18(19)24/h2-5,8-11,13,18-19,23-24H,6-7,12H2,1H3,(H2,21,22,25). The number of urea groups is 1. The van der Waals surface area contributed by atoms with Gasteiger partial charge in [0.15, 0.2) is 0 Å². The molecule has 132 valence electrons. The Morgan fingerprint density at radius 2 is 1.92 bits per heavy atom. The summed E-state index contributed by atoms with van der Waals surface area (Å²) in [6, 6.07) is 14.3. The topological polar surface area (TPSA) is 81.6 Å². The van der Waals surface area contributed by atoms with E-state index >= 15 is 0 Å². The number of phenols is 1. The number of aliphatic hydroxyl groups is 1. The molecule has 2 amide bonds. The van der Waals surface area contributed by atoms with Gasteiger partial charge in [-0.3, -0.25) is 0 Å². The van der Waals surface area contributed by atoms with Crippen LogP contribution in [0.2, 0.25) is 0 Å². The third-order valence-corrected chi connectivity index (χ3v) is 4.67. The lowest BCUT2D eigenvalue weighted by Gasteiger charge is -2.21. The van der Waals surface area contributed by atoms with Crippen molar-refractivity contribution in [3.63, 3.8) is 0 Å². The molecule has 5 nitrogen and oxygen atoms in total. The lowest BCUT2D eigenvalue weighted by atomic mass is 10.1. The van der Waals surface area contributed by atoms with Crippen LogP contribution in [0, 0.1) is 0 Å². The molecule has 0 spiro atoms. The van der Waals surface area contributed by atoms with E-state index in [1.165, 1.54) is 0 Å². The molecule has 3 rings (SSSR count). The smallest absolute Gasteiger partial charge is 0.315 e. The van der Waals surface area contributed by atoms with Crippen molar-refractivity contribution in [3.8, 4) is 5.75 Å². The van der Waals surface area contributed by atoms with E-state index < -0.39 is 6.10 Å². The van der Waals surface area contributed by atoms with Crippen LogP contribution in [0.25, 0.3) is 0 Å². The Balaban J connectivity index is 1.49. The molecule has 2 aromatic rings.